The molecule has 2 N–H and O–H groups in total. The van der Waals surface area contributed by atoms with E-state index in [1.54, 1.807) is 0 Å². The number of hydrogen-bond donors (Lipinski definition) is 2. The van der Waals surface area contributed by atoms with Gasteiger partial charge >= 0.3 is 12.1 Å². The van der Waals surface area contributed by atoms with Crippen LogP contribution in [-0.4, -0.2) is 70.7 Å². The number of carbonyl (C=O) groups excluding carboxylic acids is 2. The van der Waals surface area contributed by atoms with Gasteiger partial charge in [-0.25, -0.2) is 0 Å². The summed E-state index contributed by atoms with van der Waals surface area (Å²) in [6.07, 6.45) is -1.68. The van der Waals surface area contributed by atoms with Gasteiger partial charge in [-0.15, -0.1) is 0 Å². The number of fused-ring (bicyclic) bond motifs is 2. The number of aliphatic hydroxyl groups is 1. The van der Waals surface area contributed by atoms with Gasteiger partial charge in [-0.05, 0) is 76.8 Å². The Hall–Kier alpha value is -3.77. The van der Waals surface area contributed by atoms with Gasteiger partial charge in [-0.3, -0.25) is 14.5 Å². The van der Waals surface area contributed by atoms with Crippen LogP contribution in [0.15, 0.2) is 72.8 Å². The third-order valence-corrected chi connectivity index (χ3v) is 12.0. The van der Waals surface area contributed by atoms with Gasteiger partial charge < -0.3 is 24.8 Å². The van der Waals surface area contributed by atoms with Crippen LogP contribution < -0.4 is 5.32 Å². The lowest BCUT2D eigenvalue weighted by molar-refractivity contribution is -0.276. The molecular weight excluding hydrogens is 695 g/mol. The van der Waals surface area contributed by atoms with Crippen LogP contribution in [0.4, 0.5) is 13.2 Å². The Kier molecular flexibility index (Phi) is 10.7. The topological polar surface area (TPSA) is 91.3 Å². The minimum absolute atomic E-state index is 0.0161. The van der Waals surface area contributed by atoms with E-state index >= 15 is 0 Å². The first-order valence-corrected chi connectivity index (χ1v) is 19.2. The molecule has 4 aliphatic rings. The van der Waals surface area contributed by atoms with Crippen LogP contribution in [0.25, 0.3) is 11.1 Å². The normalized spacial score (nSPS) is 29.7. The minimum atomic E-state index is -5.01. The summed E-state index contributed by atoms with van der Waals surface area (Å²) in [5.74, 6) is -2.47. The molecular formula is C43H52F3N3O5. The Labute approximate surface area is 316 Å². The number of carbonyl (C=O) groups is 2. The molecule has 2 bridgehead atoms. The molecule has 7 atom stereocenters. The maximum absolute atomic E-state index is 13.1. The Morgan fingerprint density at radius 2 is 1.65 bits per heavy atom. The molecule has 0 spiro atoms. The van der Waals surface area contributed by atoms with Crippen LogP contribution in [0.1, 0.15) is 94.4 Å². The van der Waals surface area contributed by atoms with E-state index in [0.717, 1.165) is 46.5 Å². The van der Waals surface area contributed by atoms with Crippen molar-refractivity contribution < 1.29 is 37.3 Å². The highest BCUT2D eigenvalue weighted by Crippen LogP contribution is 2.53. The number of ether oxygens (including phenoxy) is 2. The van der Waals surface area contributed by atoms with Crippen LogP contribution in [0.5, 0.6) is 0 Å². The fraction of sp³-hybridized carbons (Fsp3) is 0.535. The van der Waals surface area contributed by atoms with Crippen molar-refractivity contribution in [2.45, 2.75) is 110 Å². The highest BCUT2D eigenvalue weighted by molar-refractivity contribution is 5.90. The van der Waals surface area contributed by atoms with E-state index in [-0.39, 0.29) is 44.2 Å². The largest absolute Gasteiger partial charge is 0.471 e. The molecule has 11 heteroatoms. The van der Waals surface area contributed by atoms with Crippen molar-refractivity contribution >= 4 is 11.8 Å². The van der Waals surface area contributed by atoms with Crippen molar-refractivity contribution in [2.75, 3.05) is 19.6 Å². The molecule has 3 aliphatic heterocycles. The zero-order valence-corrected chi connectivity index (χ0v) is 31.6. The first-order valence-electron chi connectivity index (χ1n) is 19.2. The molecule has 3 aromatic rings. The second-order valence-corrected chi connectivity index (χ2v) is 17.2. The molecule has 54 heavy (non-hydrogen) atoms. The summed E-state index contributed by atoms with van der Waals surface area (Å²) in [5, 5.41) is 12.4. The van der Waals surface area contributed by atoms with Gasteiger partial charge in [0.15, 0.2) is 6.29 Å². The van der Waals surface area contributed by atoms with Crippen LogP contribution in [0, 0.1) is 16.7 Å². The molecule has 290 valence electrons. The van der Waals surface area contributed by atoms with Crippen molar-refractivity contribution in [2.24, 2.45) is 16.7 Å². The maximum Gasteiger partial charge on any atom is 0.471 e. The minimum Gasteiger partial charge on any atom is -0.392 e. The van der Waals surface area contributed by atoms with Crippen molar-refractivity contribution in [3.63, 3.8) is 0 Å². The molecule has 7 rings (SSSR count). The summed E-state index contributed by atoms with van der Waals surface area (Å²) < 4.78 is 52.8. The highest BCUT2D eigenvalue weighted by atomic mass is 19.4. The van der Waals surface area contributed by atoms with Gasteiger partial charge in [0.2, 0.25) is 5.91 Å². The predicted octanol–water partition coefficient (Wildman–Crippen LogP) is 7.71. The molecule has 3 heterocycles. The van der Waals surface area contributed by atoms with E-state index in [2.05, 4.69) is 37.9 Å². The average Bonchev–Trinajstić information content (AvgIpc) is 3.72. The van der Waals surface area contributed by atoms with Crippen molar-refractivity contribution in [1.29, 1.82) is 0 Å². The fourth-order valence-corrected chi connectivity index (χ4v) is 9.80. The van der Waals surface area contributed by atoms with Crippen molar-refractivity contribution in [3.05, 3.63) is 95.1 Å². The number of likely N-dealkylation sites (tertiary alicyclic amines) is 2. The smallest absolute Gasteiger partial charge is 0.392 e. The van der Waals surface area contributed by atoms with Gasteiger partial charge in [-0.1, -0.05) is 94.4 Å². The number of nitrogens with one attached hydrogen (secondary N) is 1. The number of amides is 2. The molecule has 4 fully saturated rings. The van der Waals surface area contributed by atoms with Gasteiger partial charge in [0, 0.05) is 43.7 Å². The predicted molar refractivity (Wildman–Crippen MR) is 199 cm³/mol. The number of hydrogen-bond acceptors (Lipinski definition) is 6. The lowest BCUT2D eigenvalue weighted by Gasteiger charge is -2.43. The fourth-order valence-electron chi connectivity index (χ4n) is 9.80. The third-order valence-electron chi connectivity index (χ3n) is 12.0. The molecule has 1 saturated carbocycles. The van der Waals surface area contributed by atoms with E-state index in [0.29, 0.717) is 28.2 Å². The van der Waals surface area contributed by atoms with Crippen LogP contribution in [-0.2, 0) is 32.2 Å². The summed E-state index contributed by atoms with van der Waals surface area (Å²) in [5.41, 5.74) is 6.09. The van der Waals surface area contributed by atoms with Crippen LogP contribution in [0.3, 0.4) is 0 Å². The number of benzene rings is 3. The van der Waals surface area contributed by atoms with Gasteiger partial charge in [-0.2, -0.15) is 13.2 Å². The second-order valence-electron chi connectivity index (χ2n) is 17.2. The Morgan fingerprint density at radius 3 is 2.35 bits per heavy atom. The molecule has 0 aromatic heterocycles. The number of rotatable bonds is 9. The molecule has 3 saturated heterocycles. The average molecular weight is 748 g/mol. The van der Waals surface area contributed by atoms with Crippen molar-refractivity contribution in [1.82, 2.24) is 15.1 Å². The van der Waals surface area contributed by atoms with E-state index in [1.165, 1.54) is 19.3 Å². The van der Waals surface area contributed by atoms with Gasteiger partial charge in [0.25, 0.3) is 0 Å². The molecule has 3 aromatic carbocycles. The molecule has 0 radical (unpaired) electrons. The molecule has 8 nitrogen and oxygen atoms in total. The van der Waals surface area contributed by atoms with E-state index in [4.69, 9.17) is 9.47 Å². The number of alkyl halides is 3. The lowest BCUT2D eigenvalue weighted by atomic mass is 9.65. The maximum atomic E-state index is 13.1. The van der Waals surface area contributed by atoms with Crippen LogP contribution >= 0.6 is 0 Å². The van der Waals surface area contributed by atoms with E-state index in [9.17, 15) is 27.9 Å². The Bertz CT molecular complexity index is 1820. The van der Waals surface area contributed by atoms with Gasteiger partial charge in [0.1, 0.15) is 6.04 Å². The first kappa shape index (κ1) is 38.5. The summed E-state index contributed by atoms with van der Waals surface area (Å²) in [4.78, 5) is 28.0. The second kappa shape index (κ2) is 15.0. The highest BCUT2D eigenvalue weighted by Gasteiger charge is 2.51. The van der Waals surface area contributed by atoms with Crippen LogP contribution in [0.2, 0.25) is 0 Å². The number of nitrogens with zero attached hydrogens (tertiary/aromatic N) is 2. The van der Waals surface area contributed by atoms with Gasteiger partial charge in [0.05, 0.1) is 18.8 Å². The number of aliphatic hydroxyl groups excluding tert-OH is 1. The summed E-state index contributed by atoms with van der Waals surface area (Å²) >= 11 is 0. The monoisotopic (exact) mass is 747 g/mol. The summed E-state index contributed by atoms with van der Waals surface area (Å²) in [6, 6.07) is 23.1. The SMILES string of the molecule is C[C@H]1[C@@H](CN2CC3(C)CC2CC(C)(C)C3)O[C@@H](c2ccc(-c3cccc(CNC(=O)[C@@H]4CCCN4C(=O)C(F)(F)F)c3)cc2)O[C@H]1c1ccc(CO)cc1. The Balaban J connectivity index is 1.05. The zero-order chi connectivity index (χ0) is 38.4. The molecule has 2 unspecified atom stereocenters. The molecule has 1 aliphatic carbocycles. The Morgan fingerprint density at radius 1 is 0.926 bits per heavy atom. The standard InChI is InChI=1S/C43H52F3N3O5/c1-27-36(23-48-26-42(4)21-34(48)20-41(2,3)25-42)53-39(54-37(27)31-12-10-28(24-50)11-13-31)32-16-14-30(15-17-32)33-8-5-7-29(19-33)22-47-38(51)35-9-6-18-49(35)40(52)43(44,45)46/h5,7-8,10-17,19,27,34-37,39,50H,6,9,18,20-26H2,1-4H3,(H,47,51)/t27-,34?,35-,36+,37+,39+,42?/m0/s1. The van der Waals surface area contributed by atoms with Crippen molar-refractivity contribution in [3.8, 4) is 11.1 Å². The molecule has 2 amide bonds. The summed E-state index contributed by atoms with van der Waals surface area (Å²) in [7, 11) is 0. The zero-order valence-electron chi connectivity index (χ0n) is 31.6. The number of halogens is 3. The first-order chi connectivity index (χ1) is 25.6. The third kappa shape index (κ3) is 8.25. The quantitative estimate of drug-likeness (QED) is 0.233. The van der Waals surface area contributed by atoms with E-state index < -0.39 is 30.3 Å². The lowest BCUT2D eigenvalue weighted by Crippen LogP contribution is -2.50. The summed E-state index contributed by atoms with van der Waals surface area (Å²) in [6.45, 7) is 11.4. The van der Waals surface area contributed by atoms with E-state index in [1.807, 2.05) is 72.8 Å².